The van der Waals surface area contributed by atoms with E-state index < -0.39 is 0 Å². The largest absolute Gasteiger partial charge is 0.348 e. The Morgan fingerprint density at radius 2 is 2.06 bits per heavy atom. The van der Waals surface area contributed by atoms with E-state index in [-0.39, 0.29) is 37.3 Å². The first kappa shape index (κ1) is 16.7. The molecule has 7 heteroatoms. The number of hydrogen-bond donors (Lipinski definition) is 2. The van der Waals surface area contributed by atoms with Crippen LogP contribution in [0.2, 0.25) is 0 Å². The number of hydrogen-bond acceptors (Lipinski definition) is 3. The summed E-state index contributed by atoms with van der Waals surface area (Å²) in [6, 6.07) is 7.85. The van der Waals surface area contributed by atoms with Crippen molar-refractivity contribution in [2.45, 2.75) is 6.54 Å². The highest BCUT2D eigenvalue weighted by molar-refractivity contribution is 5.85. The van der Waals surface area contributed by atoms with E-state index in [0.717, 1.165) is 16.9 Å². The Balaban J connectivity index is 0.00000144. The number of rotatable bonds is 3. The molecule has 5 nitrogen and oxygen atoms in total. The van der Waals surface area contributed by atoms with Crippen LogP contribution in [-0.4, -0.2) is 22.0 Å². The summed E-state index contributed by atoms with van der Waals surface area (Å²) in [6.07, 6.45) is 0. The Morgan fingerprint density at radius 1 is 1.39 bits per heavy atom. The molecule has 0 aliphatic rings. The maximum Gasteiger partial charge on any atom is 0.234 e. The van der Waals surface area contributed by atoms with Gasteiger partial charge >= 0.3 is 0 Å². The van der Waals surface area contributed by atoms with Crippen LogP contribution in [0.3, 0.4) is 0 Å². The van der Waals surface area contributed by atoms with Gasteiger partial charge in [-0.25, -0.2) is 4.98 Å². The minimum Gasteiger partial charge on any atom is -0.348 e. The van der Waals surface area contributed by atoms with Crippen LogP contribution in [0.25, 0.3) is 11.0 Å². The van der Waals surface area contributed by atoms with E-state index in [1.807, 2.05) is 35.9 Å². The zero-order chi connectivity index (χ0) is 11.5. The van der Waals surface area contributed by atoms with Gasteiger partial charge in [0.05, 0.1) is 24.1 Å². The summed E-state index contributed by atoms with van der Waals surface area (Å²) in [7, 11) is 1.93. The summed E-state index contributed by atoms with van der Waals surface area (Å²) in [6.45, 7) is 0.408. The average molecular weight is 291 g/mol. The second kappa shape index (κ2) is 7.20. The number of benzene rings is 1. The minimum atomic E-state index is -0.174. The van der Waals surface area contributed by atoms with Crippen molar-refractivity contribution in [2.75, 3.05) is 6.54 Å². The van der Waals surface area contributed by atoms with Gasteiger partial charge < -0.3 is 15.6 Å². The normalized spacial score (nSPS) is 9.44. The summed E-state index contributed by atoms with van der Waals surface area (Å²) in [5, 5.41) is 2.70. The van der Waals surface area contributed by atoms with Gasteiger partial charge in [-0.3, -0.25) is 4.79 Å². The molecule has 0 saturated heterocycles. The van der Waals surface area contributed by atoms with Crippen LogP contribution >= 0.6 is 24.8 Å². The first-order chi connectivity index (χ1) is 7.72. The molecule has 0 saturated carbocycles. The number of carbonyl (C=O) groups excluding carboxylic acids is 1. The van der Waals surface area contributed by atoms with Crippen molar-refractivity contribution in [3.05, 3.63) is 30.1 Å². The number of aromatic nitrogens is 2. The lowest BCUT2D eigenvalue weighted by Gasteiger charge is -2.03. The molecule has 0 spiro atoms. The monoisotopic (exact) mass is 290 g/mol. The van der Waals surface area contributed by atoms with Crippen molar-refractivity contribution < 1.29 is 4.79 Å². The van der Waals surface area contributed by atoms with Gasteiger partial charge in [-0.15, -0.1) is 24.8 Å². The lowest BCUT2D eigenvalue weighted by molar-refractivity contribution is -0.119. The van der Waals surface area contributed by atoms with Gasteiger partial charge in [-0.1, -0.05) is 12.1 Å². The van der Waals surface area contributed by atoms with Crippen molar-refractivity contribution in [2.24, 2.45) is 12.8 Å². The fourth-order valence-electron chi connectivity index (χ4n) is 1.60. The Hall–Kier alpha value is -1.30. The summed E-state index contributed by atoms with van der Waals surface area (Å²) < 4.78 is 1.96. The molecule has 0 atom stereocenters. The van der Waals surface area contributed by atoms with E-state index in [1.165, 1.54) is 0 Å². The van der Waals surface area contributed by atoms with Gasteiger partial charge in [0, 0.05) is 7.05 Å². The van der Waals surface area contributed by atoms with E-state index in [9.17, 15) is 4.79 Å². The van der Waals surface area contributed by atoms with E-state index in [0.29, 0.717) is 6.54 Å². The third kappa shape index (κ3) is 3.35. The quantitative estimate of drug-likeness (QED) is 0.886. The fraction of sp³-hybridized carbons (Fsp3) is 0.273. The van der Waals surface area contributed by atoms with Crippen LogP contribution in [0.1, 0.15) is 5.82 Å². The van der Waals surface area contributed by atoms with E-state index in [4.69, 9.17) is 5.73 Å². The number of nitrogens with two attached hydrogens (primary N) is 1. The molecule has 2 aromatic rings. The minimum absolute atomic E-state index is 0. The second-order valence-corrected chi connectivity index (χ2v) is 3.56. The predicted molar refractivity (Wildman–Crippen MR) is 76.1 cm³/mol. The molecule has 0 aliphatic heterocycles. The Labute approximate surface area is 118 Å². The number of carbonyl (C=O) groups is 1. The number of aryl methyl sites for hydroxylation is 1. The van der Waals surface area contributed by atoms with Gasteiger partial charge in [0.2, 0.25) is 5.91 Å². The number of nitrogens with zero attached hydrogens (tertiary/aromatic N) is 2. The standard InChI is InChI=1S/C11H14N4O.2ClH/c1-15-9-5-3-2-4-8(9)14-10(15)7-13-11(16)6-12;;/h2-5H,6-7,12H2,1H3,(H,13,16);2*1H. The smallest absolute Gasteiger partial charge is 0.234 e. The molecular formula is C11H16Cl2N4O. The lowest BCUT2D eigenvalue weighted by Crippen LogP contribution is -2.30. The first-order valence-corrected chi connectivity index (χ1v) is 5.09. The number of amides is 1. The molecule has 1 amide bonds. The predicted octanol–water partition coefficient (Wildman–Crippen LogP) is 0.992. The molecule has 0 fully saturated rings. The van der Waals surface area contributed by atoms with Gasteiger partial charge in [0.1, 0.15) is 5.82 Å². The molecule has 0 aliphatic carbocycles. The third-order valence-electron chi connectivity index (χ3n) is 2.51. The Bertz CT molecular complexity index is 527. The fourth-order valence-corrected chi connectivity index (χ4v) is 1.60. The van der Waals surface area contributed by atoms with E-state index in [2.05, 4.69) is 10.3 Å². The van der Waals surface area contributed by atoms with Crippen LogP contribution in [0, 0.1) is 0 Å². The summed E-state index contributed by atoms with van der Waals surface area (Å²) in [5.41, 5.74) is 7.20. The zero-order valence-electron chi connectivity index (χ0n) is 9.92. The van der Waals surface area contributed by atoms with Crippen molar-refractivity contribution >= 4 is 41.8 Å². The first-order valence-electron chi connectivity index (χ1n) is 5.09. The van der Waals surface area contributed by atoms with Gasteiger partial charge in [-0.2, -0.15) is 0 Å². The molecule has 0 unspecified atom stereocenters. The third-order valence-corrected chi connectivity index (χ3v) is 2.51. The summed E-state index contributed by atoms with van der Waals surface area (Å²) in [4.78, 5) is 15.5. The Kier molecular flexibility index (Phi) is 6.68. The summed E-state index contributed by atoms with van der Waals surface area (Å²) in [5.74, 6) is 0.648. The molecule has 100 valence electrons. The highest BCUT2D eigenvalue weighted by atomic mass is 35.5. The maximum absolute atomic E-state index is 11.0. The molecule has 1 aromatic heterocycles. The topological polar surface area (TPSA) is 72.9 Å². The molecular weight excluding hydrogens is 275 g/mol. The van der Waals surface area contributed by atoms with Crippen molar-refractivity contribution in [3.63, 3.8) is 0 Å². The number of fused-ring (bicyclic) bond motifs is 1. The lowest BCUT2D eigenvalue weighted by atomic mass is 10.3. The Morgan fingerprint density at radius 3 is 2.67 bits per heavy atom. The van der Waals surface area contributed by atoms with E-state index >= 15 is 0 Å². The molecule has 0 bridgehead atoms. The van der Waals surface area contributed by atoms with Crippen molar-refractivity contribution in [3.8, 4) is 0 Å². The van der Waals surface area contributed by atoms with Crippen LogP contribution < -0.4 is 11.1 Å². The van der Waals surface area contributed by atoms with Crippen molar-refractivity contribution in [1.82, 2.24) is 14.9 Å². The van der Waals surface area contributed by atoms with Crippen LogP contribution in [0.4, 0.5) is 0 Å². The van der Waals surface area contributed by atoms with E-state index in [1.54, 1.807) is 0 Å². The van der Waals surface area contributed by atoms with Crippen LogP contribution in [-0.2, 0) is 18.4 Å². The molecule has 3 N–H and O–H groups in total. The molecule has 1 heterocycles. The number of imidazole rings is 1. The average Bonchev–Trinajstić information content (AvgIpc) is 2.64. The van der Waals surface area contributed by atoms with Gasteiger partial charge in [-0.05, 0) is 12.1 Å². The number of nitrogens with one attached hydrogen (secondary N) is 1. The van der Waals surface area contributed by atoms with Crippen molar-refractivity contribution in [1.29, 1.82) is 0 Å². The highest BCUT2D eigenvalue weighted by Crippen LogP contribution is 2.13. The van der Waals surface area contributed by atoms with Gasteiger partial charge in [0.25, 0.3) is 0 Å². The van der Waals surface area contributed by atoms with Crippen LogP contribution in [0.15, 0.2) is 24.3 Å². The highest BCUT2D eigenvalue weighted by Gasteiger charge is 2.07. The molecule has 18 heavy (non-hydrogen) atoms. The summed E-state index contributed by atoms with van der Waals surface area (Å²) >= 11 is 0. The molecule has 1 aromatic carbocycles. The van der Waals surface area contributed by atoms with Crippen LogP contribution in [0.5, 0.6) is 0 Å². The van der Waals surface area contributed by atoms with Gasteiger partial charge in [0.15, 0.2) is 0 Å². The SMILES string of the molecule is Cl.Cl.Cn1c(CNC(=O)CN)nc2ccccc21. The number of halogens is 2. The maximum atomic E-state index is 11.0. The zero-order valence-corrected chi connectivity index (χ0v) is 11.6. The molecule has 0 radical (unpaired) electrons. The number of para-hydroxylation sites is 2. The molecule has 2 rings (SSSR count). The second-order valence-electron chi connectivity index (χ2n) is 3.56.